The van der Waals surface area contributed by atoms with Gasteiger partial charge in [0, 0.05) is 6.04 Å². The molecule has 0 spiro atoms. The Labute approximate surface area is 138 Å². The molecule has 120 valence electrons. The zero-order valence-corrected chi connectivity index (χ0v) is 14.5. The Morgan fingerprint density at radius 2 is 1.76 bits per heavy atom. The Hall–Kier alpha value is -0.310. The molecule has 1 unspecified atom stereocenters. The van der Waals surface area contributed by atoms with Crippen LogP contribution in [0.1, 0.15) is 18.9 Å². The maximum atomic E-state index is 11.8. The van der Waals surface area contributed by atoms with Crippen molar-refractivity contribution in [1.29, 1.82) is 0 Å². The van der Waals surface area contributed by atoms with Crippen LogP contribution in [-0.4, -0.2) is 25.6 Å². The van der Waals surface area contributed by atoms with Gasteiger partial charge >= 0.3 is 6.36 Å². The molecule has 0 saturated carbocycles. The van der Waals surface area contributed by atoms with E-state index in [2.05, 4.69) is 36.6 Å². The molecule has 0 aliphatic rings. The van der Waals surface area contributed by atoms with Gasteiger partial charge in [-0.1, -0.05) is 6.92 Å². The molecule has 1 rings (SSSR count). The Balaban J connectivity index is 2.63. The van der Waals surface area contributed by atoms with Crippen LogP contribution in [0.2, 0.25) is 0 Å². The summed E-state index contributed by atoms with van der Waals surface area (Å²) < 4.78 is 45.8. The van der Waals surface area contributed by atoms with Crippen LogP contribution in [0, 0.1) is 0 Å². The first-order valence-corrected chi connectivity index (χ1v) is 7.88. The number of rotatable bonds is 7. The second-order valence-corrected chi connectivity index (χ2v) is 6.11. The van der Waals surface area contributed by atoms with Crippen LogP contribution in [0.25, 0.3) is 0 Å². The zero-order valence-electron chi connectivity index (χ0n) is 11.3. The molecule has 0 saturated heterocycles. The summed E-state index contributed by atoms with van der Waals surface area (Å²) in [6.07, 6.45) is -3.06. The van der Waals surface area contributed by atoms with Crippen molar-refractivity contribution < 1.29 is 22.6 Å². The first-order chi connectivity index (χ1) is 9.73. The number of ether oxygens (including phenoxy) is 2. The third-order valence-corrected chi connectivity index (χ3v) is 3.85. The molecule has 1 atom stereocenters. The van der Waals surface area contributed by atoms with Gasteiger partial charge in [-0.2, -0.15) is 0 Å². The fraction of sp³-hybridized carbons (Fsp3) is 0.538. The Morgan fingerprint density at radius 3 is 2.24 bits per heavy atom. The predicted octanol–water partition coefficient (Wildman–Crippen LogP) is 4.41. The molecular formula is C13H16Br2F3NO2. The topological polar surface area (TPSA) is 44.5 Å². The number of halogens is 5. The highest BCUT2D eigenvalue weighted by atomic mass is 79.9. The molecule has 0 amide bonds. The van der Waals surface area contributed by atoms with E-state index in [0.29, 0.717) is 21.1 Å². The summed E-state index contributed by atoms with van der Waals surface area (Å²) in [7, 11) is 0. The molecule has 0 aromatic heterocycles. The van der Waals surface area contributed by atoms with Crippen molar-refractivity contribution >= 4 is 31.9 Å². The molecular weight excluding hydrogens is 419 g/mol. The lowest BCUT2D eigenvalue weighted by Crippen LogP contribution is -2.21. The average Bonchev–Trinajstić information content (AvgIpc) is 2.35. The minimum Gasteiger partial charge on any atom is -0.489 e. The van der Waals surface area contributed by atoms with Crippen molar-refractivity contribution in [2.24, 2.45) is 5.73 Å². The van der Waals surface area contributed by atoms with E-state index in [4.69, 9.17) is 10.5 Å². The van der Waals surface area contributed by atoms with Crippen molar-refractivity contribution in [3.05, 3.63) is 26.6 Å². The highest BCUT2D eigenvalue weighted by Gasteiger charge is 2.28. The fourth-order valence-corrected chi connectivity index (χ4v) is 3.13. The molecule has 1 aromatic carbocycles. The second-order valence-electron chi connectivity index (χ2n) is 4.40. The Morgan fingerprint density at radius 1 is 1.19 bits per heavy atom. The van der Waals surface area contributed by atoms with E-state index in [-0.39, 0.29) is 12.6 Å². The maximum Gasteiger partial charge on any atom is 0.522 e. The van der Waals surface area contributed by atoms with Crippen molar-refractivity contribution in [3.63, 3.8) is 0 Å². The van der Waals surface area contributed by atoms with E-state index in [1.165, 1.54) is 0 Å². The zero-order chi connectivity index (χ0) is 16.0. The summed E-state index contributed by atoms with van der Waals surface area (Å²) in [4.78, 5) is 0. The van der Waals surface area contributed by atoms with Crippen LogP contribution >= 0.6 is 31.9 Å². The normalized spacial score (nSPS) is 13.3. The SMILES string of the molecule is CCC(N)Cc1cc(Br)c(OCCOC(F)(F)F)c(Br)c1. The lowest BCUT2D eigenvalue weighted by Gasteiger charge is -2.14. The second kappa shape index (κ2) is 8.36. The molecule has 0 aliphatic carbocycles. The van der Waals surface area contributed by atoms with Gasteiger partial charge in [0.05, 0.1) is 15.6 Å². The summed E-state index contributed by atoms with van der Waals surface area (Å²) in [5.41, 5.74) is 6.91. The van der Waals surface area contributed by atoms with Gasteiger partial charge in [0.2, 0.25) is 0 Å². The number of hydrogen-bond donors (Lipinski definition) is 1. The molecule has 0 fully saturated rings. The van der Waals surface area contributed by atoms with Gasteiger partial charge < -0.3 is 10.5 Å². The van der Waals surface area contributed by atoms with Crippen molar-refractivity contribution in [3.8, 4) is 5.75 Å². The summed E-state index contributed by atoms with van der Waals surface area (Å²) in [6.45, 7) is 1.24. The minimum absolute atomic E-state index is 0.0655. The highest BCUT2D eigenvalue weighted by molar-refractivity contribution is 9.11. The van der Waals surface area contributed by atoms with Crippen LogP contribution < -0.4 is 10.5 Å². The van der Waals surface area contributed by atoms with Gasteiger partial charge in [0.25, 0.3) is 0 Å². The van der Waals surface area contributed by atoms with Gasteiger partial charge in [-0.3, -0.25) is 4.74 Å². The van der Waals surface area contributed by atoms with Crippen LogP contribution in [0.5, 0.6) is 5.75 Å². The van der Waals surface area contributed by atoms with E-state index in [1.807, 2.05) is 19.1 Å². The van der Waals surface area contributed by atoms with Gasteiger partial charge in [0.15, 0.2) is 0 Å². The van der Waals surface area contributed by atoms with E-state index in [1.54, 1.807) is 0 Å². The molecule has 8 heteroatoms. The van der Waals surface area contributed by atoms with Crippen LogP contribution in [0.15, 0.2) is 21.1 Å². The lowest BCUT2D eigenvalue weighted by atomic mass is 10.0. The Bertz CT molecular complexity index is 446. The number of alkyl halides is 3. The third-order valence-electron chi connectivity index (χ3n) is 2.68. The average molecular weight is 435 g/mol. The van der Waals surface area contributed by atoms with Gasteiger partial charge in [0.1, 0.15) is 12.4 Å². The molecule has 3 nitrogen and oxygen atoms in total. The summed E-state index contributed by atoms with van der Waals surface area (Å²) in [6, 6.07) is 3.76. The first kappa shape index (κ1) is 18.7. The summed E-state index contributed by atoms with van der Waals surface area (Å²) >= 11 is 6.69. The number of benzene rings is 1. The molecule has 21 heavy (non-hydrogen) atoms. The first-order valence-electron chi connectivity index (χ1n) is 6.30. The predicted molar refractivity (Wildman–Crippen MR) is 81.3 cm³/mol. The summed E-state index contributed by atoms with van der Waals surface area (Å²) in [5, 5.41) is 0. The molecule has 0 bridgehead atoms. The van der Waals surface area contributed by atoms with Crippen LogP contribution in [-0.2, 0) is 11.2 Å². The largest absolute Gasteiger partial charge is 0.522 e. The standard InChI is InChI=1S/C13H16Br2F3NO2/c1-2-9(19)5-8-6-10(14)12(11(15)7-8)20-3-4-21-13(16,17)18/h6-7,9H,2-5,19H2,1H3. The van der Waals surface area contributed by atoms with Gasteiger partial charge in [-0.05, 0) is 62.4 Å². The van der Waals surface area contributed by atoms with E-state index < -0.39 is 13.0 Å². The lowest BCUT2D eigenvalue weighted by molar-refractivity contribution is -0.325. The molecule has 2 N–H and O–H groups in total. The van der Waals surface area contributed by atoms with E-state index in [9.17, 15) is 13.2 Å². The fourth-order valence-electron chi connectivity index (χ4n) is 1.62. The van der Waals surface area contributed by atoms with Gasteiger partial charge in [-0.25, -0.2) is 0 Å². The monoisotopic (exact) mass is 433 g/mol. The quantitative estimate of drug-likeness (QED) is 0.646. The van der Waals surface area contributed by atoms with Crippen molar-refractivity contribution in [1.82, 2.24) is 0 Å². The molecule has 0 aliphatic heterocycles. The third kappa shape index (κ3) is 6.99. The Kier molecular flexibility index (Phi) is 7.46. The number of nitrogens with two attached hydrogens (primary N) is 1. The van der Waals surface area contributed by atoms with Crippen LogP contribution in [0.4, 0.5) is 13.2 Å². The molecule has 0 radical (unpaired) electrons. The molecule has 1 aromatic rings. The minimum atomic E-state index is -4.64. The highest BCUT2D eigenvalue weighted by Crippen LogP contribution is 2.35. The summed E-state index contributed by atoms with van der Waals surface area (Å²) in [5.74, 6) is 0.439. The molecule has 0 heterocycles. The van der Waals surface area contributed by atoms with E-state index >= 15 is 0 Å². The van der Waals surface area contributed by atoms with Crippen molar-refractivity contribution in [2.75, 3.05) is 13.2 Å². The van der Waals surface area contributed by atoms with Gasteiger partial charge in [-0.15, -0.1) is 13.2 Å². The van der Waals surface area contributed by atoms with E-state index in [0.717, 1.165) is 12.0 Å². The van der Waals surface area contributed by atoms with Crippen molar-refractivity contribution in [2.45, 2.75) is 32.2 Å². The smallest absolute Gasteiger partial charge is 0.489 e. The van der Waals surface area contributed by atoms with Crippen LogP contribution in [0.3, 0.4) is 0 Å². The maximum absolute atomic E-state index is 11.8. The number of hydrogen-bond acceptors (Lipinski definition) is 3.